The van der Waals surface area contributed by atoms with E-state index in [9.17, 15) is 14.4 Å². The van der Waals surface area contributed by atoms with Crippen LogP contribution >= 0.6 is 31.9 Å². The van der Waals surface area contributed by atoms with Gasteiger partial charge in [-0.1, -0.05) is 92.5 Å². The van der Waals surface area contributed by atoms with Crippen LogP contribution in [0.4, 0.5) is 4.79 Å². The van der Waals surface area contributed by atoms with E-state index in [1.807, 2.05) is 72.8 Å². The van der Waals surface area contributed by atoms with E-state index in [0.29, 0.717) is 25.9 Å². The van der Waals surface area contributed by atoms with Gasteiger partial charge in [-0.15, -0.1) is 0 Å². The average Bonchev–Trinajstić information content (AvgIpc) is 2.99. The van der Waals surface area contributed by atoms with Gasteiger partial charge in [-0.25, -0.2) is 4.79 Å². The van der Waals surface area contributed by atoms with Crippen molar-refractivity contribution in [3.05, 3.63) is 92.9 Å². The number of fused-ring (bicyclic) bond motifs is 2. The topological polar surface area (TPSA) is 110 Å². The number of nitrogens with two attached hydrogens (primary N) is 2. The summed E-state index contributed by atoms with van der Waals surface area (Å²) in [5, 5.41) is 3.87. The van der Waals surface area contributed by atoms with Gasteiger partial charge in [0.1, 0.15) is 5.41 Å². The molecular formula is C32H32Br2N4O3. The molecule has 0 bridgehead atoms. The molecule has 9 heteroatoms. The van der Waals surface area contributed by atoms with Gasteiger partial charge in [0.2, 0.25) is 11.8 Å². The van der Waals surface area contributed by atoms with E-state index in [0.717, 1.165) is 41.6 Å². The highest BCUT2D eigenvalue weighted by molar-refractivity contribution is 9.11. The standard InChI is InChI=1S/C32H32Br2N4O3/c33-27-13-11-21(23-7-1-3-9-25(23)27)19-32(20-22-12-14-28(34)26-10-4-2-8-24(22)26)29(39)37(17-5-15-35)31(41)38(30(32)40)18-6-16-36/h1-4,7-14H,5-6,15-20,35-36H2. The molecule has 0 aliphatic carbocycles. The van der Waals surface area contributed by atoms with Gasteiger partial charge in [0.25, 0.3) is 0 Å². The Morgan fingerprint density at radius 2 is 0.976 bits per heavy atom. The zero-order valence-electron chi connectivity index (χ0n) is 22.6. The first-order valence-corrected chi connectivity index (χ1v) is 15.3. The number of hydrogen-bond donors (Lipinski definition) is 2. The number of halogens is 2. The SMILES string of the molecule is NCCCN1C(=O)N(CCCN)C(=O)C(Cc2ccc(Br)c3ccccc23)(Cc2ccc(Br)c3ccccc23)C1=O. The summed E-state index contributed by atoms with van der Waals surface area (Å²) in [5.74, 6) is -0.965. The molecule has 0 spiro atoms. The highest BCUT2D eigenvalue weighted by Gasteiger charge is 2.57. The second-order valence-corrected chi connectivity index (χ2v) is 12.1. The van der Waals surface area contributed by atoms with Crippen molar-refractivity contribution in [3.63, 3.8) is 0 Å². The Hall–Kier alpha value is -3.11. The molecule has 0 saturated carbocycles. The summed E-state index contributed by atoms with van der Waals surface area (Å²) in [7, 11) is 0. The number of nitrogens with zero attached hydrogens (tertiary/aromatic N) is 2. The number of urea groups is 1. The number of carbonyl (C=O) groups excluding carboxylic acids is 3. The third-order valence-electron chi connectivity index (χ3n) is 7.85. The van der Waals surface area contributed by atoms with Crippen LogP contribution in [-0.4, -0.2) is 53.8 Å². The normalized spacial score (nSPS) is 15.4. The minimum Gasteiger partial charge on any atom is -0.330 e. The highest BCUT2D eigenvalue weighted by atomic mass is 79.9. The minimum atomic E-state index is -1.55. The van der Waals surface area contributed by atoms with Crippen molar-refractivity contribution in [3.8, 4) is 0 Å². The van der Waals surface area contributed by atoms with Crippen molar-refractivity contribution in [2.75, 3.05) is 26.2 Å². The first kappa shape index (κ1) is 29.4. The number of barbiturate groups is 1. The van der Waals surface area contributed by atoms with E-state index in [2.05, 4.69) is 31.9 Å². The molecule has 41 heavy (non-hydrogen) atoms. The van der Waals surface area contributed by atoms with Gasteiger partial charge in [-0.2, -0.15) is 0 Å². The molecule has 0 radical (unpaired) electrons. The zero-order chi connectivity index (χ0) is 29.1. The molecule has 1 saturated heterocycles. The summed E-state index contributed by atoms with van der Waals surface area (Å²) < 4.78 is 1.85. The van der Waals surface area contributed by atoms with E-state index >= 15 is 0 Å². The molecule has 0 atom stereocenters. The molecule has 212 valence electrons. The number of benzene rings is 4. The van der Waals surface area contributed by atoms with Crippen LogP contribution < -0.4 is 11.5 Å². The van der Waals surface area contributed by atoms with Crippen LogP contribution in [0.15, 0.2) is 81.7 Å². The summed E-state index contributed by atoms with van der Waals surface area (Å²) in [6.07, 6.45) is 1.15. The van der Waals surface area contributed by atoms with E-state index in [4.69, 9.17) is 11.5 Å². The largest absolute Gasteiger partial charge is 0.333 e. The lowest BCUT2D eigenvalue weighted by Crippen LogP contribution is -2.67. The molecule has 1 fully saturated rings. The Bertz CT molecular complexity index is 1520. The Morgan fingerprint density at radius 3 is 1.37 bits per heavy atom. The van der Waals surface area contributed by atoms with Crippen LogP contribution in [0.3, 0.4) is 0 Å². The number of hydrogen-bond acceptors (Lipinski definition) is 5. The van der Waals surface area contributed by atoms with Crippen LogP contribution in [0.25, 0.3) is 21.5 Å². The zero-order valence-corrected chi connectivity index (χ0v) is 25.8. The maximum atomic E-state index is 14.6. The number of amides is 4. The van der Waals surface area contributed by atoms with Gasteiger partial charge in [-0.05, 0) is 83.6 Å². The van der Waals surface area contributed by atoms with Gasteiger partial charge in [0.15, 0.2) is 0 Å². The molecule has 0 unspecified atom stereocenters. The lowest BCUT2D eigenvalue weighted by Gasteiger charge is -2.44. The average molecular weight is 680 g/mol. The second kappa shape index (κ2) is 12.4. The third-order valence-corrected chi connectivity index (χ3v) is 9.23. The fraction of sp³-hybridized carbons (Fsp3) is 0.281. The molecule has 4 aromatic carbocycles. The maximum Gasteiger partial charge on any atom is 0.333 e. The summed E-state index contributed by atoms with van der Waals surface area (Å²) in [4.78, 5) is 45.2. The third kappa shape index (κ3) is 5.44. The lowest BCUT2D eigenvalue weighted by molar-refractivity contribution is -0.159. The van der Waals surface area contributed by atoms with Gasteiger partial charge in [-0.3, -0.25) is 19.4 Å². The summed E-state index contributed by atoms with van der Waals surface area (Å²) in [6, 6.07) is 23.0. The van der Waals surface area contributed by atoms with Crippen molar-refractivity contribution in [1.29, 1.82) is 0 Å². The van der Waals surface area contributed by atoms with E-state index in [1.54, 1.807) is 0 Å². The van der Waals surface area contributed by atoms with Crippen molar-refractivity contribution in [2.24, 2.45) is 16.9 Å². The molecule has 4 N–H and O–H groups in total. The molecule has 0 aromatic heterocycles. The molecule has 1 aliphatic heterocycles. The van der Waals surface area contributed by atoms with Crippen LogP contribution in [0, 0.1) is 5.41 Å². The Kier molecular flexibility index (Phi) is 8.89. The number of carbonyl (C=O) groups is 3. The van der Waals surface area contributed by atoms with Gasteiger partial charge < -0.3 is 11.5 Å². The maximum absolute atomic E-state index is 14.6. The van der Waals surface area contributed by atoms with Crippen LogP contribution in [0.5, 0.6) is 0 Å². The van der Waals surface area contributed by atoms with Crippen LogP contribution in [0.2, 0.25) is 0 Å². The molecule has 1 heterocycles. The summed E-state index contributed by atoms with van der Waals surface area (Å²) in [6.45, 7) is 0.917. The predicted molar refractivity (Wildman–Crippen MR) is 169 cm³/mol. The monoisotopic (exact) mass is 678 g/mol. The van der Waals surface area contributed by atoms with Crippen molar-refractivity contribution < 1.29 is 14.4 Å². The Morgan fingerprint density at radius 1 is 0.585 bits per heavy atom. The Balaban J connectivity index is 1.73. The smallest absolute Gasteiger partial charge is 0.330 e. The quantitative estimate of drug-likeness (QED) is 0.207. The minimum absolute atomic E-state index is 0.133. The van der Waals surface area contributed by atoms with E-state index < -0.39 is 23.3 Å². The lowest BCUT2D eigenvalue weighted by atomic mass is 9.71. The summed E-state index contributed by atoms with van der Waals surface area (Å²) in [5.41, 5.74) is 11.8. The molecule has 7 nitrogen and oxygen atoms in total. The summed E-state index contributed by atoms with van der Waals surface area (Å²) >= 11 is 7.28. The molecule has 4 amide bonds. The molecule has 5 rings (SSSR count). The van der Waals surface area contributed by atoms with E-state index in [-0.39, 0.29) is 25.9 Å². The van der Waals surface area contributed by atoms with Gasteiger partial charge in [0.05, 0.1) is 0 Å². The second-order valence-electron chi connectivity index (χ2n) is 10.4. The fourth-order valence-electron chi connectivity index (χ4n) is 5.79. The van der Waals surface area contributed by atoms with Gasteiger partial charge >= 0.3 is 6.03 Å². The van der Waals surface area contributed by atoms with Crippen LogP contribution in [-0.2, 0) is 22.4 Å². The molecule has 4 aromatic rings. The first-order valence-electron chi connectivity index (χ1n) is 13.7. The van der Waals surface area contributed by atoms with Crippen molar-refractivity contribution in [2.45, 2.75) is 25.7 Å². The number of imide groups is 2. The van der Waals surface area contributed by atoms with E-state index in [1.165, 1.54) is 9.80 Å². The van der Waals surface area contributed by atoms with Crippen LogP contribution in [0.1, 0.15) is 24.0 Å². The number of rotatable bonds is 10. The highest BCUT2D eigenvalue weighted by Crippen LogP contribution is 2.41. The van der Waals surface area contributed by atoms with Gasteiger partial charge in [0, 0.05) is 22.0 Å². The first-order chi connectivity index (χ1) is 19.8. The van der Waals surface area contributed by atoms with Crippen molar-refractivity contribution >= 4 is 71.3 Å². The molecular weight excluding hydrogens is 648 g/mol. The van der Waals surface area contributed by atoms with Crippen molar-refractivity contribution in [1.82, 2.24) is 9.80 Å². The predicted octanol–water partition coefficient (Wildman–Crippen LogP) is 5.78. The Labute approximate surface area is 256 Å². The fourth-order valence-corrected chi connectivity index (χ4v) is 6.75. The molecule has 1 aliphatic rings.